The molecule has 0 aliphatic rings. The van der Waals surface area contributed by atoms with Gasteiger partial charge in [0.05, 0.1) is 0 Å². The second kappa shape index (κ2) is 5.29. The predicted octanol–water partition coefficient (Wildman–Crippen LogP) is 2.56. The topological polar surface area (TPSA) is 12.4 Å². The summed E-state index contributed by atoms with van der Waals surface area (Å²) in [6.45, 7) is 7.62. The third-order valence-corrected chi connectivity index (χ3v) is 1.06. The highest BCUT2D eigenvalue weighted by Gasteiger charge is 1.80. The van der Waals surface area contributed by atoms with Gasteiger partial charge in [0.1, 0.15) is 0 Å². The normalized spacial score (nSPS) is 12.4. The zero-order valence-corrected chi connectivity index (χ0v) is 6.09. The summed E-state index contributed by atoms with van der Waals surface area (Å²) >= 11 is 0. The molecule has 0 aromatic rings. The van der Waals surface area contributed by atoms with Crippen LogP contribution < -0.4 is 0 Å². The molecule has 1 heteroatoms. The van der Waals surface area contributed by atoms with Crippen molar-refractivity contribution in [3.8, 4) is 0 Å². The second-order valence-electron chi connectivity index (χ2n) is 1.67. The summed E-state index contributed by atoms with van der Waals surface area (Å²) < 4.78 is 0. The molecule has 0 saturated heterocycles. The number of nitrogens with zero attached hydrogens (tertiary/aromatic N) is 1. The van der Waals surface area contributed by atoms with Gasteiger partial charge in [-0.1, -0.05) is 19.6 Å². The van der Waals surface area contributed by atoms with Gasteiger partial charge in [0.25, 0.3) is 0 Å². The van der Waals surface area contributed by atoms with E-state index in [1.54, 1.807) is 6.21 Å². The minimum Gasteiger partial charge on any atom is -0.269 e. The number of allylic oxidation sites excluding steroid dienone is 2. The maximum Gasteiger partial charge on any atom is 0.0295 e. The quantitative estimate of drug-likeness (QED) is 0.404. The first-order chi connectivity index (χ1) is 4.35. The van der Waals surface area contributed by atoms with Crippen molar-refractivity contribution in [3.05, 3.63) is 24.4 Å². The Bertz CT molecular complexity index is 132. The average molecular weight is 123 g/mol. The molecular formula is C8H13N. The summed E-state index contributed by atoms with van der Waals surface area (Å²) in [6.07, 6.45) is 6.42. The largest absolute Gasteiger partial charge is 0.269 e. The highest BCUT2D eigenvalue weighted by atomic mass is 14.7. The molecule has 0 amide bonds. The lowest BCUT2D eigenvalue weighted by Gasteiger charge is -1.89. The van der Waals surface area contributed by atoms with Crippen LogP contribution in [0.2, 0.25) is 0 Å². The third kappa shape index (κ3) is 3.71. The van der Waals surface area contributed by atoms with Crippen LogP contribution in [-0.2, 0) is 0 Å². The SMILES string of the molecule is C=C/C(=C\N=CC)CC. The number of hydrogen-bond donors (Lipinski definition) is 0. The first-order valence-electron chi connectivity index (χ1n) is 3.14. The van der Waals surface area contributed by atoms with Gasteiger partial charge in [-0.3, -0.25) is 4.99 Å². The van der Waals surface area contributed by atoms with Crippen molar-refractivity contribution in [1.29, 1.82) is 0 Å². The monoisotopic (exact) mass is 123 g/mol. The van der Waals surface area contributed by atoms with Crippen molar-refractivity contribution in [2.24, 2.45) is 4.99 Å². The molecule has 0 radical (unpaired) electrons. The molecule has 0 spiro atoms. The minimum atomic E-state index is 1.00. The van der Waals surface area contributed by atoms with Crippen LogP contribution in [0.15, 0.2) is 29.4 Å². The van der Waals surface area contributed by atoms with Crippen molar-refractivity contribution in [2.75, 3.05) is 0 Å². The molecule has 0 aliphatic carbocycles. The van der Waals surface area contributed by atoms with E-state index < -0.39 is 0 Å². The molecule has 0 aromatic heterocycles. The Hall–Kier alpha value is -0.850. The predicted molar refractivity (Wildman–Crippen MR) is 42.7 cm³/mol. The van der Waals surface area contributed by atoms with Gasteiger partial charge in [0.15, 0.2) is 0 Å². The molecule has 0 bridgehead atoms. The van der Waals surface area contributed by atoms with Gasteiger partial charge >= 0.3 is 0 Å². The second-order valence-corrected chi connectivity index (χ2v) is 1.67. The summed E-state index contributed by atoms with van der Waals surface area (Å²) in [7, 11) is 0. The Morgan fingerprint density at radius 1 is 1.67 bits per heavy atom. The highest BCUT2D eigenvalue weighted by molar-refractivity contribution is 5.54. The molecule has 0 atom stereocenters. The van der Waals surface area contributed by atoms with Gasteiger partial charge in [0.2, 0.25) is 0 Å². The molecule has 50 valence electrons. The fraction of sp³-hybridized carbons (Fsp3) is 0.375. The standard InChI is InChI=1S/C8H13N/c1-4-8(5-2)7-9-6-3/h4,6-7H,1,5H2,2-3H3/b8-7+,9-6?. The van der Waals surface area contributed by atoms with Crippen LogP contribution in [0.4, 0.5) is 0 Å². The van der Waals surface area contributed by atoms with Gasteiger partial charge in [-0.05, 0) is 18.9 Å². The van der Waals surface area contributed by atoms with Crippen LogP contribution in [0.25, 0.3) is 0 Å². The van der Waals surface area contributed by atoms with E-state index in [1.807, 2.05) is 19.2 Å². The molecule has 0 rings (SSSR count). The smallest absolute Gasteiger partial charge is 0.0295 e. The van der Waals surface area contributed by atoms with Crippen molar-refractivity contribution in [2.45, 2.75) is 20.3 Å². The Morgan fingerprint density at radius 3 is 2.67 bits per heavy atom. The summed E-state index contributed by atoms with van der Waals surface area (Å²) in [5, 5.41) is 0. The molecular weight excluding hydrogens is 110 g/mol. The van der Waals surface area contributed by atoms with Crippen LogP contribution in [0, 0.1) is 0 Å². The van der Waals surface area contributed by atoms with E-state index in [1.165, 1.54) is 5.57 Å². The molecule has 0 aromatic carbocycles. The fourth-order valence-corrected chi connectivity index (χ4v) is 0.459. The van der Waals surface area contributed by atoms with E-state index in [0.29, 0.717) is 0 Å². The van der Waals surface area contributed by atoms with Crippen LogP contribution in [0.1, 0.15) is 20.3 Å². The van der Waals surface area contributed by atoms with Crippen LogP contribution in [-0.4, -0.2) is 6.21 Å². The Morgan fingerprint density at radius 2 is 2.33 bits per heavy atom. The van der Waals surface area contributed by atoms with Gasteiger partial charge in [0, 0.05) is 12.4 Å². The Balaban J connectivity index is 3.90. The summed E-state index contributed by atoms with van der Waals surface area (Å²) in [5.41, 5.74) is 1.17. The molecule has 0 saturated carbocycles. The fourth-order valence-electron chi connectivity index (χ4n) is 0.459. The van der Waals surface area contributed by atoms with Crippen molar-refractivity contribution >= 4 is 6.21 Å². The first kappa shape index (κ1) is 8.15. The lowest BCUT2D eigenvalue weighted by Crippen LogP contribution is -1.70. The van der Waals surface area contributed by atoms with Crippen molar-refractivity contribution in [1.82, 2.24) is 0 Å². The molecule has 9 heavy (non-hydrogen) atoms. The number of hydrogen-bond acceptors (Lipinski definition) is 1. The Labute approximate surface area is 56.8 Å². The van der Waals surface area contributed by atoms with E-state index >= 15 is 0 Å². The van der Waals surface area contributed by atoms with E-state index in [-0.39, 0.29) is 0 Å². The molecule has 1 nitrogen and oxygen atoms in total. The van der Waals surface area contributed by atoms with Crippen LogP contribution in [0.5, 0.6) is 0 Å². The number of aliphatic imine (C=N–C) groups is 1. The zero-order chi connectivity index (χ0) is 7.11. The van der Waals surface area contributed by atoms with Crippen molar-refractivity contribution in [3.63, 3.8) is 0 Å². The molecule has 0 N–H and O–H groups in total. The van der Waals surface area contributed by atoms with Gasteiger partial charge < -0.3 is 0 Å². The van der Waals surface area contributed by atoms with Gasteiger partial charge in [-0.2, -0.15) is 0 Å². The third-order valence-electron chi connectivity index (χ3n) is 1.06. The molecule has 0 unspecified atom stereocenters. The van der Waals surface area contributed by atoms with Gasteiger partial charge in [-0.15, -0.1) is 0 Å². The maximum absolute atomic E-state index is 3.96. The van der Waals surface area contributed by atoms with E-state index in [4.69, 9.17) is 0 Å². The van der Waals surface area contributed by atoms with E-state index in [9.17, 15) is 0 Å². The molecule has 0 heterocycles. The molecule has 0 fully saturated rings. The van der Waals surface area contributed by atoms with Gasteiger partial charge in [-0.25, -0.2) is 0 Å². The summed E-state index contributed by atoms with van der Waals surface area (Å²) in [4.78, 5) is 3.96. The number of rotatable bonds is 3. The van der Waals surface area contributed by atoms with E-state index in [2.05, 4.69) is 18.5 Å². The minimum absolute atomic E-state index is 1.00. The molecule has 0 aliphatic heterocycles. The van der Waals surface area contributed by atoms with Crippen LogP contribution >= 0.6 is 0 Å². The van der Waals surface area contributed by atoms with Crippen molar-refractivity contribution < 1.29 is 0 Å². The average Bonchev–Trinajstić information content (AvgIpc) is 1.91. The lowest BCUT2D eigenvalue weighted by molar-refractivity contribution is 1.14. The summed E-state index contributed by atoms with van der Waals surface area (Å²) in [6, 6.07) is 0. The van der Waals surface area contributed by atoms with E-state index in [0.717, 1.165) is 6.42 Å². The maximum atomic E-state index is 3.96. The zero-order valence-electron chi connectivity index (χ0n) is 6.09. The Kier molecular flexibility index (Phi) is 4.79. The first-order valence-corrected chi connectivity index (χ1v) is 3.14. The summed E-state index contributed by atoms with van der Waals surface area (Å²) in [5.74, 6) is 0. The highest BCUT2D eigenvalue weighted by Crippen LogP contribution is 1.99. The van der Waals surface area contributed by atoms with Crippen LogP contribution in [0.3, 0.4) is 0 Å². The lowest BCUT2D eigenvalue weighted by atomic mass is 10.2.